The molecule has 1 aliphatic carbocycles. The van der Waals surface area contributed by atoms with Crippen LogP contribution < -0.4 is 10.2 Å². The van der Waals surface area contributed by atoms with Gasteiger partial charge in [0.05, 0.1) is 10.7 Å². The summed E-state index contributed by atoms with van der Waals surface area (Å²) in [4.78, 5) is 33.0. The Labute approximate surface area is 204 Å². The summed E-state index contributed by atoms with van der Waals surface area (Å²) >= 11 is 1.42. The van der Waals surface area contributed by atoms with Crippen LogP contribution in [0.2, 0.25) is 0 Å². The highest BCUT2D eigenvalue weighted by molar-refractivity contribution is 7.13. The highest BCUT2D eigenvalue weighted by Gasteiger charge is 2.44. The van der Waals surface area contributed by atoms with Crippen molar-refractivity contribution < 1.29 is 9.59 Å². The summed E-state index contributed by atoms with van der Waals surface area (Å²) in [5.41, 5.74) is 1.76. The largest absolute Gasteiger partial charge is 0.369 e. The first-order chi connectivity index (χ1) is 16.6. The van der Waals surface area contributed by atoms with E-state index in [-0.39, 0.29) is 11.9 Å². The number of fused-ring (bicyclic) bond motifs is 5. The fourth-order valence-electron chi connectivity index (χ4n) is 6.88. The molecule has 6 heterocycles. The molecular weight excluding hydrogens is 446 g/mol. The number of piperidine rings is 4. The average molecular weight is 480 g/mol. The van der Waals surface area contributed by atoms with E-state index in [0.717, 1.165) is 55.5 Å². The van der Waals surface area contributed by atoms with Gasteiger partial charge >= 0.3 is 0 Å². The molecule has 2 aromatic rings. The van der Waals surface area contributed by atoms with Crippen LogP contribution in [-0.4, -0.2) is 77.3 Å². The van der Waals surface area contributed by atoms with Crippen molar-refractivity contribution in [3.63, 3.8) is 0 Å². The second kappa shape index (κ2) is 8.19. The molecule has 3 atom stereocenters. The van der Waals surface area contributed by atoms with E-state index in [1.54, 1.807) is 0 Å². The predicted octanol–water partition coefficient (Wildman–Crippen LogP) is 2.96. The number of carbonyl (C=O) groups is 2. The Balaban J connectivity index is 1.07. The van der Waals surface area contributed by atoms with Crippen molar-refractivity contribution in [2.75, 3.05) is 44.2 Å². The topological polar surface area (TPSA) is 68.8 Å². The number of hydrogen-bond acceptors (Lipinski definition) is 6. The third kappa shape index (κ3) is 3.61. The first-order valence-corrected chi connectivity index (χ1v) is 13.9. The summed E-state index contributed by atoms with van der Waals surface area (Å²) in [6, 6.07) is 7.02. The average Bonchev–Trinajstić information content (AvgIpc) is 3.48. The van der Waals surface area contributed by atoms with E-state index in [2.05, 4.69) is 42.6 Å². The first kappa shape index (κ1) is 21.1. The summed E-state index contributed by atoms with van der Waals surface area (Å²) in [7, 11) is 0. The van der Waals surface area contributed by atoms with Crippen LogP contribution in [0.5, 0.6) is 0 Å². The van der Waals surface area contributed by atoms with Crippen molar-refractivity contribution >= 4 is 39.1 Å². The molecule has 6 fully saturated rings. The van der Waals surface area contributed by atoms with E-state index in [0.29, 0.717) is 35.4 Å². The quantitative estimate of drug-likeness (QED) is 0.730. The number of rotatable bonds is 4. The third-order valence-electron chi connectivity index (χ3n) is 9.00. The summed E-state index contributed by atoms with van der Waals surface area (Å²) in [5, 5.41) is 4.25. The number of benzene rings is 1. The Morgan fingerprint density at radius 2 is 1.82 bits per heavy atom. The highest BCUT2D eigenvalue weighted by atomic mass is 32.1. The zero-order valence-electron chi connectivity index (χ0n) is 19.6. The Bertz CT molecular complexity index is 1120. The second-order valence-corrected chi connectivity index (χ2v) is 11.9. The Morgan fingerprint density at radius 3 is 2.59 bits per heavy atom. The lowest BCUT2D eigenvalue weighted by molar-refractivity contribution is -0.136. The maximum atomic E-state index is 13.1. The van der Waals surface area contributed by atoms with Gasteiger partial charge in [-0.2, -0.15) is 4.37 Å². The molecule has 2 bridgehead atoms. The Kier molecular flexibility index (Phi) is 5.09. The normalized spacial score (nSPS) is 32.8. The lowest BCUT2D eigenvalue weighted by Crippen LogP contribution is -2.57. The maximum absolute atomic E-state index is 13.1. The molecule has 0 spiro atoms. The van der Waals surface area contributed by atoms with Gasteiger partial charge in [0.15, 0.2) is 0 Å². The van der Waals surface area contributed by atoms with Crippen LogP contribution in [-0.2, 0) is 4.79 Å². The number of amides is 2. The van der Waals surface area contributed by atoms with Gasteiger partial charge in [0.25, 0.3) is 5.91 Å². The molecule has 8 rings (SSSR count). The summed E-state index contributed by atoms with van der Waals surface area (Å²) in [6.07, 6.45) is 6.87. The fourth-order valence-corrected chi connectivity index (χ4v) is 7.69. The van der Waals surface area contributed by atoms with Crippen molar-refractivity contribution in [2.24, 2.45) is 17.8 Å². The van der Waals surface area contributed by atoms with Crippen LogP contribution in [0, 0.1) is 17.8 Å². The van der Waals surface area contributed by atoms with Crippen LogP contribution in [0.1, 0.15) is 49.0 Å². The van der Waals surface area contributed by atoms with Gasteiger partial charge in [-0.3, -0.25) is 9.59 Å². The molecule has 180 valence electrons. The Morgan fingerprint density at radius 1 is 0.971 bits per heavy atom. The van der Waals surface area contributed by atoms with Gasteiger partial charge in [0.1, 0.15) is 5.69 Å². The number of carbonyl (C=O) groups excluding carboxylic acids is 2. The van der Waals surface area contributed by atoms with Gasteiger partial charge in [-0.1, -0.05) is 0 Å². The summed E-state index contributed by atoms with van der Waals surface area (Å²) in [5.74, 6) is 1.84. The van der Waals surface area contributed by atoms with Gasteiger partial charge in [-0.15, -0.1) is 0 Å². The zero-order valence-corrected chi connectivity index (χ0v) is 20.4. The number of likely N-dealkylation sites (tertiary alicyclic amines) is 1. The molecule has 1 N–H and O–H groups in total. The third-order valence-corrected chi connectivity index (χ3v) is 9.81. The maximum Gasteiger partial charge on any atom is 0.271 e. The predicted molar refractivity (Wildman–Crippen MR) is 133 cm³/mol. The minimum absolute atomic E-state index is 0.0285. The molecular formula is C26H33N5O2S. The van der Waals surface area contributed by atoms with Crippen molar-refractivity contribution in [3.8, 4) is 0 Å². The molecule has 34 heavy (non-hydrogen) atoms. The van der Waals surface area contributed by atoms with Gasteiger partial charge in [-0.25, -0.2) is 0 Å². The second-order valence-electron chi connectivity index (χ2n) is 11.1. The van der Waals surface area contributed by atoms with E-state index in [4.69, 9.17) is 0 Å². The van der Waals surface area contributed by atoms with Gasteiger partial charge in [-0.05, 0) is 93.2 Å². The van der Waals surface area contributed by atoms with Crippen molar-refractivity contribution in [1.82, 2.24) is 19.5 Å². The van der Waals surface area contributed by atoms with Gasteiger partial charge in [0.2, 0.25) is 5.91 Å². The highest BCUT2D eigenvalue weighted by Crippen LogP contribution is 2.39. The number of nitrogens with one attached hydrogen (secondary N) is 1. The molecule has 7 nitrogen and oxygen atoms in total. The number of anilines is 1. The first-order valence-electron chi connectivity index (χ1n) is 13.1. The number of hydrogen-bond donors (Lipinski definition) is 1. The van der Waals surface area contributed by atoms with E-state index < -0.39 is 0 Å². The smallest absolute Gasteiger partial charge is 0.271 e. The minimum Gasteiger partial charge on any atom is -0.369 e. The van der Waals surface area contributed by atoms with Crippen molar-refractivity contribution in [2.45, 2.75) is 50.6 Å². The van der Waals surface area contributed by atoms with E-state index in [9.17, 15) is 9.59 Å². The lowest BCUT2D eigenvalue weighted by Gasteiger charge is -2.44. The Hall–Kier alpha value is -2.19. The molecule has 2 amide bonds. The van der Waals surface area contributed by atoms with Gasteiger partial charge < -0.3 is 20.0 Å². The molecule has 1 aromatic carbocycles. The van der Waals surface area contributed by atoms with E-state index >= 15 is 0 Å². The summed E-state index contributed by atoms with van der Waals surface area (Å²) in [6.45, 7) is 6.17. The molecule has 8 heteroatoms. The molecule has 2 unspecified atom stereocenters. The summed E-state index contributed by atoms with van der Waals surface area (Å²) < 4.78 is 5.64. The van der Waals surface area contributed by atoms with Gasteiger partial charge in [0, 0.05) is 49.2 Å². The van der Waals surface area contributed by atoms with Crippen LogP contribution in [0.3, 0.4) is 0 Å². The molecule has 1 aromatic heterocycles. The molecule has 5 saturated heterocycles. The van der Waals surface area contributed by atoms with Crippen LogP contribution in [0.15, 0.2) is 18.2 Å². The van der Waals surface area contributed by atoms with Crippen LogP contribution in [0.25, 0.3) is 10.1 Å². The number of aromatic nitrogens is 1. The van der Waals surface area contributed by atoms with Crippen molar-refractivity contribution in [1.29, 1.82) is 0 Å². The molecule has 6 aliphatic rings. The monoisotopic (exact) mass is 479 g/mol. The molecule has 1 saturated carbocycles. The molecule has 5 aliphatic heterocycles. The minimum atomic E-state index is -0.0285. The number of nitrogens with zero attached hydrogens (tertiary/aromatic N) is 4. The lowest BCUT2D eigenvalue weighted by atomic mass is 9.84. The fraction of sp³-hybridized carbons (Fsp3) is 0.654. The van der Waals surface area contributed by atoms with Crippen LogP contribution in [0.4, 0.5) is 5.69 Å². The van der Waals surface area contributed by atoms with Crippen LogP contribution >= 0.6 is 11.5 Å². The van der Waals surface area contributed by atoms with Crippen molar-refractivity contribution in [3.05, 3.63) is 23.9 Å². The molecule has 0 radical (unpaired) electrons. The van der Waals surface area contributed by atoms with E-state index in [1.807, 2.05) is 0 Å². The standard InChI is InChI=1S/C26H33N5O2S/c32-25(27-21-14-29-10-7-16(21)8-11-29)24-20-6-5-19(12-23(20)34-28-24)30-13-18-2-1-9-31(22(18)15-30)26(33)17-3-4-17/h5-6,12,16-18,21-22H,1-4,7-11,13-15H2,(H,27,32)/t18?,21-,22?/m0/s1. The van der Waals surface area contributed by atoms with E-state index in [1.165, 1.54) is 49.6 Å². The SMILES string of the molecule is O=C(N[C@H]1CN2CCC1CC2)c1nsc2cc(N3CC4CCCN(C(=O)C5CC5)C4C3)ccc12. The zero-order chi connectivity index (χ0) is 22.8.